The van der Waals surface area contributed by atoms with E-state index in [2.05, 4.69) is 56.8 Å². The fraction of sp³-hybridized carbons (Fsp3) is 0.143. The minimum Gasteiger partial charge on any atom is -0.364 e. The maximum absolute atomic E-state index is 4.69. The van der Waals surface area contributed by atoms with E-state index in [1.54, 1.807) is 23.7 Å². The molecule has 3 heterocycles. The van der Waals surface area contributed by atoms with Gasteiger partial charge in [-0.2, -0.15) is 0 Å². The fourth-order valence-corrected chi connectivity index (χ4v) is 3.55. The van der Waals surface area contributed by atoms with E-state index in [9.17, 15) is 0 Å². The Hall–Kier alpha value is -3.12. The molecule has 4 aromatic rings. The van der Waals surface area contributed by atoms with Gasteiger partial charge in [-0.1, -0.05) is 29.8 Å². The first-order valence-corrected chi connectivity index (χ1v) is 9.57. The van der Waals surface area contributed by atoms with Crippen molar-refractivity contribution in [2.75, 3.05) is 5.32 Å². The number of benzene rings is 1. The molecule has 0 unspecified atom stereocenters. The second kappa shape index (κ2) is 7.63. The van der Waals surface area contributed by atoms with Crippen LogP contribution in [0.5, 0.6) is 0 Å². The predicted molar refractivity (Wildman–Crippen MR) is 110 cm³/mol. The second-order valence-corrected chi connectivity index (χ2v) is 7.14. The molecule has 0 radical (unpaired) electrons. The first kappa shape index (κ1) is 17.3. The lowest BCUT2D eigenvalue weighted by Crippen LogP contribution is -2.04. The second-order valence-electron chi connectivity index (χ2n) is 6.29. The SMILES string of the molecule is Cc1ccc(-c2cc(NCc3csc(-c4ccncc4)n3)nc(C)n2)cc1. The molecule has 3 aromatic heterocycles. The largest absolute Gasteiger partial charge is 0.364 e. The van der Waals surface area contributed by atoms with Gasteiger partial charge < -0.3 is 5.32 Å². The third-order valence-corrected chi connectivity index (χ3v) is 5.06. The molecule has 1 N–H and O–H groups in total. The number of thiazole rings is 1. The molecule has 4 rings (SSSR count). The molecule has 6 heteroatoms. The van der Waals surface area contributed by atoms with Crippen LogP contribution in [0.3, 0.4) is 0 Å². The van der Waals surface area contributed by atoms with Gasteiger partial charge in [-0.05, 0) is 26.0 Å². The third kappa shape index (κ3) is 4.17. The van der Waals surface area contributed by atoms with Crippen LogP contribution in [-0.2, 0) is 6.54 Å². The van der Waals surface area contributed by atoms with Crippen LogP contribution in [0.2, 0.25) is 0 Å². The highest BCUT2D eigenvalue weighted by molar-refractivity contribution is 7.13. The Balaban J connectivity index is 1.50. The van der Waals surface area contributed by atoms with E-state index in [0.717, 1.165) is 39.2 Å². The van der Waals surface area contributed by atoms with Crippen LogP contribution in [-0.4, -0.2) is 19.9 Å². The van der Waals surface area contributed by atoms with Crippen LogP contribution in [0.1, 0.15) is 17.1 Å². The number of hydrogen-bond donors (Lipinski definition) is 1. The van der Waals surface area contributed by atoms with Crippen LogP contribution in [0, 0.1) is 13.8 Å². The molecule has 1 aromatic carbocycles. The topological polar surface area (TPSA) is 63.6 Å². The molecule has 0 atom stereocenters. The maximum Gasteiger partial charge on any atom is 0.130 e. The third-order valence-electron chi connectivity index (χ3n) is 4.11. The highest BCUT2D eigenvalue weighted by Crippen LogP contribution is 2.24. The molecule has 0 bridgehead atoms. The Bertz CT molecular complexity index is 1040. The van der Waals surface area contributed by atoms with Gasteiger partial charge in [-0.25, -0.2) is 15.0 Å². The molecule has 0 fully saturated rings. The molecule has 0 saturated heterocycles. The average Bonchev–Trinajstić information content (AvgIpc) is 3.16. The molecule has 5 nitrogen and oxygen atoms in total. The van der Waals surface area contributed by atoms with E-state index >= 15 is 0 Å². The number of nitrogens with zero attached hydrogens (tertiary/aromatic N) is 4. The normalized spacial score (nSPS) is 10.7. The zero-order valence-electron chi connectivity index (χ0n) is 15.2. The Kier molecular flexibility index (Phi) is 4.89. The summed E-state index contributed by atoms with van der Waals surface area (Å²) in [6.45, 7) is 4.61. The van der Waals surface area contributed by atoms with Crippen LogP contribution in [0.4, 0.5) is 5.82 Å². The van der Waals surface area contributed by atoms with Gasteiger partial charge in [0.15, 0.2) is 0 Å². The Morgan fingerprint density at radius 2 is 1.67 bits per heavy atom. The minimum absolute atomic E-state index is 0.616. The lowest BCUT2D eigenvalue weighted by Gasteiger charge is -2.08. The number of rotatable bonds is 5. The lowest BCUT2D eigenvalue weighted by molar-refractivity contribution is 1.01. The average molecular weight is 373 g/mol. The Morgan fingerprint density at radius 3 is 2.44 bits per heavy atom. The molecule has 134 valence electrons. The number of aromatic nitrogens is 4. The van der Waals surface area contributed by atoms with Crippen molar-refractivity contribution in [2.24, 2.45) is 0 Å². The van der Waals surface area contributed by atoms with E-state index in [4.69, 9.17) is 4.98 Å². The number of pyridine rings is 1. The van der Waals surface area contributed by atoms with Crippen molar-refractivity contribution in [1.82, 2.24) is 19.9 Å². The van der Waals surface area contributed by atoms with Crippen LogP contribution < -0.4 is 5.32 Å². The molecule has 27 heavy (non-hydrogen) atoms. The zero-order valence-corrected chi connectivity index (χ0v) is 16.0. The molecular formula is C21H19N5S. The van der Waals surface area contributed by atoms with Gasteiger partial charge >= 0.3 is 0 Å². The summed E-state index contributed by atoms with van der Waals surface area (Å²) in [5.41, 5.74) is 5.31. The summed E-state index contributed by atoms with van der Waals surface area (Å²) in [6, 6.07) is 14.3. The maximum atomic E-state index is 4.69. The van der Waals surface area contributed by atoms with Crippen molar-refractivity contribution >= 4 is 17.2 Å². The van der Waals surface area contributed by atoms with E-state index in [-0.39, 0.29) is 0 Å². The van der Waals surface area contributed by atoms with Gasteiger partial charge in [0.2, 0.25) is 0 Å². The lowest BCUT2D eigenvalue weighted by atomic mass is 10.1. The summed E-state index contributed by atoms with van der Waals surface area (Å²) in [7, 11) is 0. The molecule has 0 aliphatic rings. The monoisotopic (exact) mass is 373 g/mol. The highest BCUT2D eigenvalue weighted by Gasteiger charge is 2.07. The first-order chi connectivity index (χ1) is 13.2. The standard InChI is InChI=1S/C21H19N5S/c1-14-3-5-16(6-4-14)19-11-20(25-15(2)24-19)23-12-18-13-27-21(26-18)17-7-9-22-10-8-17/h3-11,13H,12H2,1-2H3,(H,23,24,25). The molecule has 0 saturated carbocycles. The summed E-state index contributed by atoms with van der Waals surface area (Å²) in [5, 5.41) is 6.43. The van der Waals surface area contributed by atoms with Crippen molar-refractivity contribution < 1.29 is 0 Å². The summed E-state index contributed by atoms with van der Waals surface area (Å²) in [5.74, 6) is 1.54. The van der Waals surface area contributed by atoms with E-state index < -0.39 is 0 Å². The summed E-state index contributed by atoms with van der Waals surface area (Å²) in [6.07, 6.45) is 3.57. The summed E-state index contributed by atoms with van der Waals surface area (Å²) in [4.78, 5) is 17.8. The van der Waals surface area contributed by atoms with Crippen LogP contribution >= 0.6 is 11.3 Å². The van der Waals surface area contributed by atoms with Crippen molar-refractivity contribution in [3.8, 4) is 21.8 Å². The van der Waals surface area contributed by atoms with Gasteiger partial charge in [0.25, 0.3) is 0 Å². The van der Waals surface area contributed by atoms with Crippen molar-refractivity contribution in [3.05, 3.63) is 77.3 Å². The number of hydrogen-bond acceptors (Lipinski definition) is 6. The number of aryl methyl sites for hydroxylation is 2. The Morgan fingerprint density at radius 1 is 0.889 bits per heavy atom. The van der Waals surface area contributed by atoms with E-state index in [1.807, 2.05) is 25.1 Å². The molecular weight excluding hydrogens is 354 g/mol. The number of anilines is 1. The van der Waals surface area contributed by atoms with Gasteiger partial charge in [0, 0.05) is 35.0 Å². The van der Waals surface area contributed by atoms with Gasteiger partial charge in [-0.15, -0.1) is 11.3 Å². The highest BCUT2D eigenvalue weighted by atomic mass is 32.1. The minimum atomic E-state index is 0.616. The van der Waals surface area contributed by atoms with Gasteiger partial charge in [-0.3, -0.25) is 4.98 Å². The number of nitrogens with one attached hydrogen (secondary N) is 1. The Labute approximate surface area is 162 Å². The fourth-order valence-electron chi connectivity index (χ4n) is 2.73. The van der Waals surface area contributed by atoms with Crippen molar-refractivity contribution in [2.45, 2.75) is 20.4 Å². The van der Waals surface area contributed by atoms with Crippen LogP contribution in [0.15, 0.2) is 60.2 Å². The first-order valence-electron chi connectivity index (χ1n) is 8.69. The molecule has 0 amide bonds. The predicted octanol–water partition coefficient (Wildman–Crippen LogP) is 4.89. The summed E-state index contributed by atoms with van der Waals surface area (Å²) >= 11 is 1.63. The van der Waals surface area contributed by atoms with E-state index in [1.165, 1.54) is 5.56 Å². The molecule has 0 spiro atoms. The molecule has 0 aliphatic heterocycles. The smallest absolute Gasteiger partial charge is 0.130 e. The van der Waals surface area contributed by atoms with Crippen LogP contribution in [0.25, 0.3) is 21.8 Å². The van der Waals surface area contributed by atoms with Crippen molar-refractivity contribution in [1.29, 1.82) is 0 Å². The van der Waals surface area contributed by atoms with Gasteiger partial charge in [0.05, 0.1) is 17.9 Å². The van der Waals surface area contributed by atoms with Crippen molar-refractivity contribution in [3.63, 3.8) is 0 Å². The zero-order chi connectivity index (χ0) is 18.6. The van der Waals surface area contributed by atoms with E-state index in [0.29, 0.717) is 6.54 Å². The van der Waals surface area contributed by atoms with Gasteiger partial charge in [0.1, 0.15) is 16.6 Å². The summed E-state index contributed by atoms with van der Waals surface area (Å²) < 4.78 is 0. The quantitative estimate of drug-likeness (QED) is 0.539. The molecule has 0 aliphatic carbocycles.